The third kappa shape index (κ3) is 3.23. The summed E-state index contributed by atoms with van der Waals surface area (Å²) < 4.78 is 6.54. The fourth-order valence-electron chi connectivity index (χ4n) is 2.65. The predicted octanol–water partition coefficient (Wildman–Crippen LogP) is 3.04. The normalized spacial score (nSPS) is 16.0. The summed E-state index contributed by atoms with van der Waals surface area (Å²) in [5.41, 5.74) is 1.85. The molecule has 0 saturated carbocycles. The molecule has 3 rings (SSSR count). The number of hydrogen-bond acceptors (Lipinski definition) is 5. The Kier molecular flexibility index (Phi) is 4.76. The molecule has 0 atom stereocenters. The number of carbonyl (C=O) groups excluding carboxylic acids is 3. The first-order valence-electron chi connectivity index (χ1n) is 7.56. The summed E-state index contributed by atoms with van der Waals surface area (Å²) in [6.45, 7) is 4.01. The van der Waals surface area contributed by atoms with E-state index in [0.29, 0.717) is 6.54 Å². The average molecular weight is 356 g/mol. The highest BCUT2D eigenvalue weighted by molar-refractivity contribution is 8.18. The van der Waals surface area contributed by atoms with Crippen molar-refractivity contribution in [1.29, 1.82) is 0 Å². The number of para-hydroxylation sites is 1. The SMILES string of the molecule is C=CCn1cc(C=C2SC(=O)N(CC(=O)OC)C2=O)c2ccccc21. The average Bonchev–Trinajstić information content (AvgIpc) is 3.08. The number of ether oxygens (including phenoxy) is 1. The molecule has 1 fully saturated rings. The zero-order valence-corrected chi connectivity index (χ0v) is 14.4. The first-order chi connectivity index (χ1) is 12.0. The standard InChI is InChI=1S/C18H16N2O4S/c1-3-8-19-10-12(13-6-4-5-7-14(13)19)9-15-17(22)20(18(23)25-15)11-16(21)24-2/h3-7,9-10H,1,8,11H2,2H3. The number of thioether (sulfide) groups is 1. The van der Waals surface area contributed by atoms with Gasteiger partial charge in [-0.3, -0.25) is 19.3 Å². The Morgan fingerprint density at radius 2 is 2.08 bits per heavy atom. The van der Waals surface area contributed by atoms with E-state index < -0.39 is 17.1 Å². The van der Waals surface area contributed by atoms with Gasteiger partial charge < -0.3 is 9.30 Å². The van der Waals surface area contributed by atoms with Crippen molar-refractivity contribution in [3.8, 4) is 0 Å². The first-order valence-corrected chi connectivity index (χ1v) is 8.37. The number of aromatic nitrogens is 1. The minimum absolute atomic E-state index is 0.287. The number of esters is 1. The van der Waals surface area contributed by atoms with E-state index in [1.54, 1.807) is 12.2 Å². The molecule has 1 aliphatic heterocycles. The summed E-state index contributed by atoms with van der Waals surface area (Å²) in [6.07, 6.45) is 5.39. The molecule has 0 unspecified atom stereocenters. The molecule has 128 valence electrons. The first kappa shape index (κ1) is 17.0. The summed E-state index contributed by atoms with van der Waals surface area (Å²) in [4.78, 5) is 37.0. The van der Waals surface area contributed by atoms with Crippen molar-refractivity contribution in [3.05, 3.63) is 53.6 Å². The van der Waals surface area contributed by atoms with E-state index in [2.05, 4.69) is 11.3 Å². The molecular weight excluding hydrogens is 340 g/mol. The predicted molar refractivity (Wildman–Crippen MR) is 96.8 cm³/mol. The molecule has 0 spiro atoms. The zero-order chi connectivity index (χ0) is 18.0. The lowest BCUT2D eigenvalue weighted by Crippen LogP contribution is -2.34. The highest BCUT2D eigenvalue weighted by atomic mass is 32.2. The fraction of sp³-hybridized carbons (Fsp3) is 0.167. The second kappa shape index (κ2) is 6.98. The molecule has 1 aromatic carbocycles. The van der Waals surface area contributed by atoms with E-state index in [-0.39, 0.29) is 11.4 Å². The molecule has 0 N–H and O–H groups in total. The molecule has 25 heavy (non-hydrogen) atoms. The van der Waals surface area contributed by atoms with Crippen LogP contribution in [0.1, 0.15) is 5.56 Å². The van der Waals surface area contributed by atoms with E-state index in [4.69, 9.17) is 0 Å². The summed E-state index contributed by atoms with van der Waals surface area (Å²) in [5.74, 6) is -1.12. The van der Waals surface area contributed by atoms with Crippen LogP contribution in [0.3, 0.4) is 0 Å². The van der Waals surface area contributed by atoms with Gasteiger partial charge in [-0.2, -0.15) is 0 Å². The second-order valence-electron chi connectivity index (χ2n) is 5.39. The highest BCUT2D eigenvalue weighted by Gasteiger charge is 2.36. The summed E-state index contributed by atoms with van der Waals surface area (Å²) in [7, 11) is 1.21. The Balaban J connectivity index is 1.97. The van der Waals surface area contributed by atoms with Crippen molar-refractivity contribution in [2.45, 2.75) is 6.54 Å². The van der Waals surface area contributed by atoms with Crippen molar-refractivity contribution in [2.24, 2.45) is 0 Å². The Morgan fingerprint density at radius 1 is 1.32 bits per heavy atom. The van der Waals surface area contributed by atoms with Crippen LogP contribution in [0.5, 0.6) is 0 Å². The Bertz CT molecular complexity index is 913. The van der Waals surface area contributed by atoms with Crippen molar-refractivity contribution in [2.75, 3.05) is 13.7 Å². The smallest absolute Gasteiger partial charge is 0.325 e. The van der Waals surface area contributed by atoms with Gasteiger partial charge in [0.05, 0.1) is 12.0 Å². The van der Waals surface area contributed by atoms with Gasteiger partial charge >= 0.3 is 5.97 Å². The second-order valence-corrected chi connectivity index (χ2v) is 6.38. The van der Waals surface area contributed by atoms with E-state index in [1.165, 1.54) is 7.11 Å². The van der Waals surface area contributed by atoms with Crippen LogP contribution in [0.25, 0.3) is 17.0 Å². The van der Waals surface area contributed by atoms with E-state index >= 15 is 0 Å². The molecule has 0 aliphatic carbocycles. The Hall–Kier alpha value is -2.80. The van der Waals surface area contributed by atoms with Crippen LogP contribution in [0, 0.1) is 0 Å². The lowest BCUT2D eigenvalue weighted by atomic mass is 10.1. The van der Waals surface area contributed by atoms with Crippen LogP contribution in [0.4, 0.5) is 4.79 Å². The van der Waals surface area contributed by atoms with Gasteiger partial charge in [-0.15, -0.1) is 6.58 Å². The van der Waals surface area contributed by atoms with Crippen LogP contribution in [-0.2, 0) is 20.9 Å². The van der Waals surface area contributed by atoms with Gasteiger partial charge in [-0.25, -0.2) is 0 Å². The number of carbonyl (C=O) groups is 3. The number of rotatable bonds is 5. The number of nitrogens with zero attached hydrogens (tertiary/aromatic N) is 2. The lowest BCUT2D eigenvalue weighted by Gasteiger charge is -2.09. The minimum Gasteiger partial charge on any atom is -0.468 e. The molecule has 0 radical (unpaired) electrons. The molecule has 1 aromatic heterocycles. The maximum atomic E-state index is 12.4. The minimum atomic E-state index is -0.633. The number of imide groups is 1. The number of hydrogen-bond donors (Lipinski definition) is 0. The van der Waals surface area contributed by atoms with Gasteiger partial charge in [0.15, 0.2) is 0 Å². The molecule has 1 saturated heterocycles. The molecule has 7 heteroatoms. The Morgan fingerprint density at radius 3 is 2.80 bits per heavy atom. The fourth-order valence-corrected chi connectivity index (χ4v) is 3.48. The van der Waals surface area contributed by atoms with Crippen LogP contribution < -0.4 is 0 Å². The van der Waals surface area contributed by atoms with Gasteiger partial charge in [0.2, 0.25) is 0 Å². The molecule has 1 aliphatic rings. The van der Waals surface area contributed by atoms with Gasteiger partial charge in [0.25, 0.3) is 11.1 Å². The summed E-state index contributed by atoms with van der Waals surface area (Å²) >= 11 is 0.822. The molecule has 0 bridgehead atoms. The van der Waals surface area contributed by atoms with E-state index in [9.17, 15) is 14.4 Å². The van der Waals surface area contributed by atoms with Gasteiger partial charge in [-0.05, 0) is 23.9 Å². The number of amides is 2. The van der Waals surface area contributed by atoms with Crippen molar-refractivity contribution >= 4 is 45.9 Å². The molecule has 6 nitrogen and oxygen atoms in total. The largest absolute Gasteiger partial charge is 0.468 e. The molecule has 2 amide bonds. The topological polar surface area (TPSA) is 68.6 Å². The molecule has 2 aromatic rings. The van der Waals surface area contributed by atoms with Crippen LogP contribution >= 0.6 is 11.8 Å². The van der Waals surface area contributed by atoms with Gasteiger partial charge in [0, 0.05) is 29.2 Å². The van der Waals surface area contributed by atoms with Crippen molar-refractivity contribution in [3.63, 3.8) is 0 Å². The number of fused-ring (bicyclic) bond motifs is 1. The van der Waals surface area contributed by atoms with Gasteiger partial charge in [-0.1, -0.05) is 24.3 Å². The highest BCUT2D eigenvalue weighted by Crippen LogP contribution is 2.34. The number of allylic oxidation sites excluding steroid dienone is 1. The lowest BCUT2D eigenvalue weighted by molar-refractivity contribution is -0.143. The summed E-state index contributed by atoms with van der Waals surface area (Å²) in [5, 5.41) is 0.501. The maximum Gasteiger partial charge on any atom is 0.325 e. The number of benzene rings is 1. The van der Waals surface area contributed by atoms with Crippen molar-refractivity contribution < 1.29 is 19.1 Å². The van der Waals surface area contributed by atoms with Gasteiger partial charge in [0.1, 0.15) is 6.54 Å². The van der Waals surface area contributed by atoms with Crippen LogP contribution in [0.15, 0.2) is 48.0 Å². The third-order valence-electron chi connectivity index (χ3n) is 3.82. The quantitative estimate of drug-likeness (QED) is 0.468. The van der Waals surface area contributed by atoms with E-state index in [1.807, 2.05) is 35.0 Å². The van der Waals surface area contributed by atoms with Crippen LogP contribution in [-0.4, -0.2) is 40.2 Å². The van der Waals surface area contributed by atoms with Crippen molar-refractivity contribution in [1.82, 2.24) is 9.47 Å². The Labute approximate surface area is 148 Å². The van der Waals surface area contributed by atoms with Crippen LogP contribution in [0.2, 0.25) is 0 Å². The monoisotopic (exact) mass is 356 g/mol. The zero-order valence-electron chi connectivity index (χ0n) is 13.6. The molecular formula is C18H16N2O4S. The number of methoxy groups -OCH3 is 1. The third-order valence-corrected chi connectivity index (χ3v) is 4.73. The van der Waals surface area contributed by atoms with E-state index in [0.717, 1.165) is 33.1 Å². The molecule has 2 heterocycles. The maximum absolute atomic E-state index is 12.4. The summed E-state index contributed by atoms with van der Waals surface area (Å²) in [6, 6.07) is 7.80.